The zero-order chi connectivity index (χ0) is 15.9. The van der Waals surface area contributed by atoms with Gasteiger partial charge in [0.2, 0.25) is 0 Å². The number of benzene rings is 1. The van der Waals surface area contributed by atoms with Crippen LogP contribution >= 0.6 is 0 Å². The first kappa shape index (κ1) is 15.6. The topological polar surface area (TPSA) is 105 Å². The predicted molar refractivity (Wildman–Crippen MR) is 87.4 cm³/mol. The fraction of sp³-hybridized carbons (Fsp3) is 0.267. The number of rotatable bonds is 6. The summed E-state index contributed by atoms with van der Waals surface area (Å²) in [7, 11) is 0. The summed E-state index contributed by atoms with van der Waals surface area (Å²) in [6.07, 6.45) is 2.33. The molecule has 1 unspecified atom stereocenters. The van der Waals surface area contributed by atoms with Gasteiger partial charge in [-0.25, -0.2) is 9.97 Å². The molecule has 0 bridgehead atoms. The quantitative estimate of drug-likeness (QED) is 0.608. The molecule has 1 atom stereocenters. The minimum absolute atomic E-state index is 0.240. The van der Waals surface area contributed by atoms with E-state index >= 15 is 0 Å². The Kier molecular flexibility index (Phi) is 5.13. The Morgan fingerprint density at radius 3 is 2.59 bits per heavy atom. The summed E-state index contributed by atoms with van der Waals surface area (Å²) in [6, 6.07) is 9.11. The van der Waals surface area contributed by atoms with Gasteiger partial charge in [-0.3, -0.25) is 15.6 Å². The van der Waals surface area contributed by atoms with E-state index in [2.05, 4.69) is 33.1 Å². The molecule has 1 amide bonds. The van der Waals surface area contributed by atoms with Crippen LogP contribution in [0.25, 0.3) is 0 Å². The lowest BCUT2D eigenvalue weighted by atomic mass is 10.2. The van der Waals surface area contributed by atoms with Gasteiger partial charge >= 0.3 is 0 Å². The lowest BCUT2D eigenvalue weighted by molar-refractivity contribution is 0.0962. The van der Waals surface area contributed by atoms with Crippen LogP contribution < -0.4 is 21.9 Å². The van der Waals surface area contributed by atoms with Crippen molar-refractivity contribution in [1.29, 1.82) is 0 Å². The largest absolute Gasteiger partial charge is 0.393 e. The molecule has 7 heteroatoms. The van der Waals surface area contributed by atoms with E-state index in [9.17, 15) is 4.79 Å². The van der Waals surface area contributed by atoms with E-state index < -0.39 is 0 Å². The van der Waals surface area contributed by atoms with Gasteiger partial charge in [0.25, 0.3) is 5.91 Å². The Morgan fingerprint density at radius 1 is 1.23 bits per heavy atom. The molecule has 0 saturated heterocycles. The third-order valence-corrected chi connectivity index (χ3v) is 3.21. The molecule has 0 radical (unpaired) electrons. The molecule has 1 aromatic carbocycles. The maximum atomic E-state index is 12.0. The number of amides is 1. The first-order valence-electron chi connectivity index (χ1n) is 7.10. The number of hydrogen-bond donors (Lipinski definition) is 4. The molecule has 7 nitrogen and oxygen atoms in total. The normalized spacial score (nSPS) is 11.5. The van der Waals surface area contributed by atoms with Gasteiger partial charge in [-0.1, -0.05) is 25.1 Å². The van der Waals surface area contributed by atoms with Gasteiger partial charge in [0.15, 0.2) is 11.6 Å². The van der Waals surface area contributed by atoms with Crippen LogP contribution in [0.5, 0.6) is 0 Å². The fourth-order valence-electron chi connectivity index (χ4n) is 1.72. The number of nitrogens with zero attached hydrogens (tertiary/aromatic N) is 2. The molecule has 116 valence electrons. The molecule has 2 rings (SSSR count). The van der Waals surface area contributed by atoms with Crippen LogP contribution in [-0.2, 0) is 0 Å². The van der Waals surface area contributed by atoms with Gasteiger partial charge in [-0.15, -0.1) is 0 Å². The lowest BCUT2D eigenvalue weighted by Gasteiger charge is -2.16. The maximum Gasteiger partial charge on any atom is 0.269 e. The molecule has 1 aromatic heterocycles. The van der Waals surface area contributed by atoms with E-state index in [-0.39, 0.29) is 11.9 Å². The second-order valence-corrected chi connectivity index (χ2v) is 4.88. The van der Waals surface area contributed by atoms with Gasteiger partial charge in [-0.05, 0) is 25.5 Å². The van der Waals surface area contributed by atoms with Crippen molar-refractivity contribution in [3.05, 3.63) is 42.2 Å². The Labute approximate surface area is 129 Å². The monoisotopic (exact) mass is 300 g/mol. The van der Waals surface area contributed by atoms with Gasteiger partial charge < -0.3 is 11.1 Å². The number of nitrogen functional groups attached to an aromatic ring is 1. The SMILES string of the molecule is CCC(C)Nc1ncnc(NNC(=O)c2ccccc2)c1N. The van der Waals surface area contributed by atoms with Crippen molar-refractivity contribution in [3.63, 3.8) is 0 Å². The Hall–Kier alpha value is -2.83. The molecule has 0 aliphatic rings. The van der Waals surface area contributed by atoms with E-state index in [0.29, 0.717) is 22.9 Å². The van der Waals surface area contributed by atoms with E-state index in [1.165, 1.54) is 6.33 Å². The maximum absolute atomic E-state index is 12.0. The number of aromatic nitrogens is 2. The fourth-order valence-corrected chi connectivity index (χ4v) is 1.72. The molecule has 0 spiro atoms. The summed E-state index contributed by atoms with van der Waals surface area (Å²) in [6.45, 7) is 4.10. The summed E-state index contributed by atoms with van der Waals surface area (Å²) in [5, 5.41) is 3.19. The number of carbonyl (C=O) groups is 1. The number of nitrogens with one attached hydrogen (secondary N) is 3. The molecular formula is C15H20N6O. The molecule has 5 N–H and O–H groups in total. The molecule has 0 aliphatic carbocycles. The summed E-state index contributed by atoms with van der Waals surface area (Å²) in [5.41, 5.74) is 12.2. The van der Waals surface area contributed by atoms with Gasteiger partial charge in [-0.2, -0.15) is 0 Å². The first-order chi connectivity index (χ1) is 10.6. The second-order valence-electron chi connectivity index (χ2n) is 4.88. The third-order valence-electron chi connectivity index (χ3n) is 3.21. The van der Waals surface area contributed by atoms with Crippen LogP contribution in [0.4, 0.5) is 17.3 Å². The predicted octanol–water partition coefficient (Wildman–Crippen LogP) is 2.03. The zero-order valence-corrected chi connectivity index (χ0v) is 12.6. The first-order valence-corrected chi connectivity index (χ1v) is 7.10. The van der Waals surface area contributed by atoms with Crippen LogP contribution in [0.1, 0.15) is 30.6 Å². The Balaban J connectivity index is 2.04. The molecule has 22 heavy (non-hydrogen) atoms. The van der Waals surface area contributed by atoms with Gasteiger partial charge in [0.05, 0.1) is 0 Å². The zero-order valence-electron chi connectivity index (χ0n) is 12.6. The number of carbonyl (C=O) groups excluding carboxylic acids is 1. The average molecular weight is 300 g/mol. The van der Waals surface area contributed by atoms with Crippen molar-refractivity contribution in [2.75, 3.05) is 16.5 Å². The number of anilines is 3. The Morgan fingerprint density at radius 2 is 1.91 bits per heavy atom. The average Bonchev–Trinajstić information content (AvgIpc) is 2.56. The third kappa shape index (κ3) is 3.85. The highest BCUT2D eigenvalue weighted by atomic mass is 16.2. The number of hydrazine groups is 1. The van der Waals surface area contributed by atoms with Crippen molar-refractivity contribution in [1.82, 2.24) is 15.4 Å². The van der Waals surface area contributed by atoms with Crippen molar-refractivity contribution in [2.45, 2.75) is 26.3 Å². The number of nitrogens with two attached hydrogens (primary N) is 1. The summed E-state index contributed by atoms with van der Waals surface area (Å²) >= 11 is 0. The van der Waals surface area contributed by atoms with Crippen LogP contribution in [-0.4, -0.2) is 21.9 Å². The molecule has 0 aliphatic heterocycles. The van der Waals surface area contributed by atoms with Crippen LogP contribution in [0.3, 0.4) is 0 Å². The molecule has 2 aromatic rings. The van der Waals surface area contributed by atoms with E-state index in [4.69, 9.17) is 5.73 Å². The molecule has 0 fully saturated rings. The van der Waals surface area contributed by atoms with Gasteiger partial charge in [0.1, 0.15) is 12.0 Å². The van der Waals surface area contributed by atoms with E-state index in [0.717, 1.165) is 6.42 Å². The van der Waals surface area contributed by atoms with Crippen molar-refractivity contribution < 1.29 is 4.79 Å². The summed E-state index contributed by atoms with van der Waals surface area (Å²) in [5.74, 6) is 0.626. The lowest BCUT2D eigenvalue weighted by Crippen LogP contribution is -2.30. The van der Waals surface area contributed by atoms with Gasteiger partial charge in [0, 0.05) is 11.6 Å². The molecule has 1 heterocycles. The highest BCUT2D eigenvalue weighted by Gasteiger charge is 2.11. The van der Waals surface area contributed by atoms with E-state index in [1.807, 2.05) is 13.0 Å². The molecular weight excluding hydrogens is 280 g/mol. The highest BCUT2D eigenvalue weighted by Crippen LogP contribution is 2.22. The van der Waals surface area contributed by atoms with Crippen molar-refractivity contribution >= 4 is 23.2 Å². The van der Waals surface area contributed by atoms with Crippen molar-refractivity contribution in [3.8, 4) is 0 Å². The van der Waals surface area contributed by atoms with Crippen molar-refractivity contribution in [2.24, 2.45) is 0 Å². The van der Waals surface area contributed by atoms with Crippen LogP contribution in [0.15, 0.2) is 36.7 Å². The van der Waals surface area contributed by atoms with E-state index in [1.54, 1.807) is 24.3 Å². The second kappa shape index (κ2) is 7.26. The number of hydrogen-bond acceptors (Lipinski definition) is 6. The highest BCUT2D eigenvalue weighted by molar-refractivity contribution is 5.95. The Bertz CT molecular complexity index is 631. The standard InChI is InChI=1S/C15H20N6O/c1-3-10(2)19-13-12(16)14(18-9-17-13)20-21-15(22)11-7-5-4-6-8-11/h4-10H,3,16H2,1-2H3,(H,21,22)(H2,17,18,19,20). The summed E-state index contributed by atoms with van der Waals surface area (Å²) < 4.78 is 0. The minimum Gasteiger partial charge on any atom is -0.393 e. The smallest absolute Gasteiger partial charge is 0.269 e. The summed E-state index contributed by atoms with van der Waals surface area (Å²) in [4.78, 5) is 20.1. The van der Waals surface area contributed by atoms with Crippen LogP contribution in [0.2, 0.25) is 0 Å². The van der Waals surface area contributed by atoms with Crippen LogP contribution in [0, 0.1) is 0 Å². The minimum atomic E-state index is -0.268. The molecule has 0 saturated carbocycles.